The lowest BCUT2D eigenvalue weighted by Gasteiger charge is -2.39. The summed E-state index contributed by atoms with van der Waals surface area (Å²) in [6.45, 7) is 9.08. The maximum Gasteiger partial charge on any atom is 0.191 e. The van der Waals surface area contributed by atoms with Crippen molar-refractivity contribution in [3.05, 3.63) is 35.9 Å². The Morgan fingerprint density at radius 2 is 1.76 bits per heavy atom. The fraction of sp³-hybridized carbons (Fsp3) is 0.562. The minimum absolute atomic E-state index is 0. The lowest BCUT2D eigenvalue weighted by atomic mass is 10.0. The quantitative estimate of drug-likeness (QED) is 0.479. The number of rotatable bonds is 4. The molecule has 1 aromatic rings. The summed E-state index contributed by atoms with van der Waals surface area (Å²) in [5.74, 6) is 0.694. The molecule has 21 heavy (non-hydrogen) atoms. The van der Waals surface area contributed by atoms with Crippen molar-refractivity contribution >= 4 is 29.9 Å². The molecule has 0 saturated carbocycles. The van der Waals surface area contributed by atoms with Crippen LogP contribution in [0.1, 0.15) is 31.9 Å². The Morgan fingerprint density at radius 1 is 1.14 bits per heavy atom. The molecule has 1 fully saturated rings. The van der Waals surface area contributed by atoms with Gasteiger partial charge in [0, 0.05) is 38.8 Å². The van der Waals surface area contributed by atoms with Gasteiger partial charge in [-0.2, -0.15) is 0 Å². The van der Waals surface area contributed by atoms with E-state index in [0.717, 1.165) is 39.1 Å². The molecule has 118 valence electrons. The van der Waals surface area contributed by atoms with Crippen molar-refractivity contribution in [1.82, 2.24) is 9.80 Å². The molecule has 0 bridgehead atoms. The van der Waals surface area contributed by atoms with E-state index in [0.29, 0.717) is 12.0 Å². The van der Waals surface area contributed by atoms with Crippen LogP contribution in [0, 0.1) is 0 Å². The summed E-state index contributed by atoms with van der Waals surface area (Å²) >= 11 is 0. The predicted octanol–water partition coefficient (Wildman–Crippen LogP) is 2.71. The summed E-state index contributed by atoms with van der Waals surface area (Å²) in [4.78, 5) is 9.05. The lowest BCUT2D eigenvalue weighted by molar-refractivity contribution is 0.128. The highest BCUT2D eigenvalue weighted by Crippen LogP contribution is 2.24. The number of nitrogens with two attached hydrogens (primary N) is 1. The molecule has 0 spiro atoms. The van der Waals surface area contributed by atoms with E-state index in [1.807, 2.05) is 6.92 Å². The van der Waals surface area contributed by atoms with Gasteiger partial charge in [0.05, 0.1) is 0 Å². The molecule has 5 heteroatoms. The minimum Gasteiger partial charge on any atom is -0.370 e. The standard InChI is InChI=1S/C16H26N4.HI/c1-3-15(14-8-6-5-7-9-14)19-10-12-20(13-11-19)16(17)18-4-2;/h5-9,15H,3-4,10-13H2,1-2H3,(H2,17,18);1H. The highest BCUT2D eigenvalue weighted by atomic mass is 127. The van der Waals surface area contributed by atoms with E-state index in [2.05, 4.69) is 52.0 Å². The van der Waals surface area contributed by atoms with Gasteiger partial charge in [-0.05, 0) is 18.9 Å². The number of hydrogen-bond donors (Lipinski definition) is 1. The molecule has 1 saturated heterocycles. The van der Waals surface area contributed by atoms with Crippen LogP contribution in [-0.2, 0) is 0 Å². The molecular formula is C16H27IN4. The van der Waals surface area contributed by atoms with Crippen molar-refractivity contribution in [2.45, 2.75) is 26.3 Å². The van der Waals surface area contributed by atoms with E-state index in [9.17, 15) is 0 Å². The molecule has 2 N–H and O–H groups in total. The average molecular weight is 402 g/mol. The van der Waals surface area contributed by atoms with E-state index in [4.69, 9.17) is 5.73 Å². The second-order valence-corrected chi connectivity index (χ2v) is 5.19. The zero-order chi connectivity index (χ0) is 14.4. The summed E-state index contributed by atoms with van der Waals surface area (Å²) in [6, 6.07) is 11.3. The van der Waals surface area contributed by atoms with Crippen molar-refractivity contribution in [2.24, 2.45) is 10.7 Å². The molecular weight excluding hydrogens is 375 g/mol. The average Bonchev–Trinajstić information content (AvgIpc) is 2.50. The number of nitrogens with zero attached hydrogens (tertiary/aromatic N) is 3. The molecule has 0 aromatic heterocycles. The maximum atomic E-state index is 5.98. The first-order chi connectivity index (χ1) is 9.76. The summed E-state index contributed by atoms with van der Waals surface area (Å²) in [7, 11) is 0. The Balaban J connectivity index is 0.00000220. The smallest absolute Gasteiger partial charge is 0.191 e. The highest BCUT2D eigenvalue weighted by Gasteiger charge is 2.24. The van der Waals surface area contributed by atoms with Crippen molar-refractivity contribution in [3.63, 3.8) is 0 Å². The summed E-state index contributed by atoms with van der Waals surface area (Å²) < 4.78 is 0. The van der Waals surface area contributed by atoms with Crippen molar-refractivity contribution < 1.29 is 0 Å². The van der Waals surface area contributed by atoms with Crippen LogP contribution in [0.3, 0.4) is 0 Å². The number of guanidine groups is 1. The van der Waals surface area contributed by atoms with Crippen molar-refractivity contribution in [2.75, 3.05) is 32.7 Å². The van der Waals surface area contributed by atoms with E-state index in [-0.39, 0.29) is 24.0 Å². The summed E-state index contributed by atoms with van der Waals surface area (Å²) in [5.41, 5.74) is 7.40. The van der Waals surface area contributed by atoms with Crippen LogP contribution in [0.15, 0.2) is 35.3 Å². The monoisotopic (exact) mass is 402 g/mol. The topological polar surface area (TPSA) is 44.9 Å². The van der Waals surface area contributed by atoms with Gasteiger partial charge in [0.25, 0.3) is 0 Å². The summed E-state index contributed by atoms with van der Waals surface area (Å²) in [6.07, 6.45) is 1.14. The van der Waals surface area contributed by atoms with Gasteiger partial charge in [-0.3, -0.25) is 9.89 Å². The van der Waals surface area contributed by atoms with Gasteiger partial charge in [-0.1, -0.05) is 37.3 Å². The largest absolute Gasteiger partial charge is 0.370 e. The van der Waals surface area contributed by atoms with Crippen LogP contribution in [0.4, 0.5) is 0 Å². The Labute approximate surface area is 145 Å². The molecule has 4 nitrogen and oxygen atoms in total. The van der Waals surface area contributed by atoms with Gasteiger partial charge in [-0.15, -0.1) is 24.0 Å². The second-order valence-electron chi connectivity index (χ2n) is 5.19. The molecule has 1 heterocycles. The normalized spacial score (nSPS) is 18.2. The number of piperazine rings is 1. The fourth-order valence-electron chi connectivity index (χ4n) is 2.90. The predicted molar refractivity (Wildman–Crippen MR) is 100 cm³/mol. The van der Waals surface area contributed by atoms with Gasteiger partial charge in [0.15, 0.2) is 5.96 Å². The van der Waals surface area contributed by atoms with Crippen LogP contribution in [0.25, 0.3) is 0 Å². The molecule has 0 aliphatic carbocycles. The van der Waals surface area contributed by atoms with Gasteiger partial charge in [0.2, 0.25) is 0 Å². The third-order valence-electron chi connectivity index (χ3n) is 3.97. The number of hydrogen-bond acceptors (Lipinski definition) is 2. The third-order valence-corrected chi connectivity index (χ3v) is 3.97. The van der Waals surface area contributed by atoms with E-state index < -0.39 is 0 Å². The minimum atomic E-state index is 0. The zero-order valence-corrected chi connectivity index (χ0v) is 15.4. The van der Waals surface area contributed by atoms with E-state index in [1.165, 1.54) is 5.56 Å². The van der Waals surface area contributed by atoms with Gasteiger partial charge >= 0.3 is 0 Å². The van der Waals surface area contributed by atoms with E-state index in [1.54, 1.807) is 0 Å². The van der Waals surface area contributed by atoms with Crippen LogP contribution in [0.5, 0.6) is 0 Å². The molecule has 1 aliphatic rings. The zero-order valence-electron chi connectivity index (χ0n) is 13.0. The first-order valence-corrected chi connectivity index (χ1v) is 7.60. The molecule has 0 amide bonds. The number of aliphatic imine (C=N–C) groups is 1. The van der Waals surface area contributed by atoms with Crippen molar-refractivity contribution in [3.8, 4) is 0 Å². The SMILES string of the molecule is CCN=C(N)N1CCN(C(CC)c2ccccc2)CC1.I. The maximum absolute atomic E-state index is 5.98. The highest BCUT2D eigenvalue weighted by molar-refractivity contribution is 14.0. The number of benzene rings is 1. The molecule has 2 rings (SSSR count). The first-order valence-electron chi connectivity index (χ1n) is 7.60. The van der Waals surface area contributed by atoms with E-state index >= 15 is 0 Å². The van der Waals surface area contributed by atoms with Gasteiger partial charge in [-0.25, -0.2) is 0 Å². The van der Waals surface area contributed by atoms with Crippen LogP contribution in [0.2, 0.25) is 0 Å². The Morgan fingerprint density at radius 3 is 2.29 bits per heavy atom. The lowest BCUT2D eigenvalue weighted by Crippen LogP contribution is -2.51. The number of halogens is 1. The Bertz CT molecular complexity index is 427. The van der Waals surface area contributed by atoms with Gasteiger partial charge in [0.1, 0.15) is 0 Å². The fourth-order valence-corrected chi connectivity index (χ4v) is 2.90. The molecule has 1 aromatic carbocycles. The summed E-state index contributed by atoms with van der Waals surface area (Å²) in [5, 5.41) is 0. The Hall–Kier alpha value is -0.820. The van der Waals surface area contributed by atoms with Gasteiger partial charge < -0.3 is 10.6 Å². The molecule has 1 aliphatic heterocycles. The van der Waals surface area contributed by atoms with Crippen molar-refractivity contribution in [1.29, 1.82) is 0 Å². The van der Waals surface area contributed by atoms with Crippen LogP contribution >= 0.6 is 24.0 Å². The first kappa shape index (κ1) is 18.2. The molecule has 0 radical (unpaired) electrons. The third kappa shape index (κ3) is 4.85. The van der Waals surface area contributed by atoms with Crippen LogP contribution < -0.4 is 5.73 Å². The van der Waals surface area contributed by atoms with Crippen LogP contribution in [-0.4, -0.2) is 48.5 Å². The second kappa shape index (κ2) is 9.25. The molecule has 1 unspecified atom stereocenters. The molecule has 1 atom stereocenters. The Kier molecular flexibility index (Phi) is 8.03.